The van der Waals surface area contributed by atoms with Gasteiger partial charge in [-0.1, -0.05) is 20.8 Å². The van der Waals surface area contributed by atoms with Gasteiger partial charge in [-0.3, -0.25) is 0 Å². The first kappa shape index (κ1) is 11.1. The smallest absolute Gasteiger partial charge is 0.134 e. The summed E-state index contributed by atoms with van der Waals surface area (Å²) in [5.41, 5.74) is 4.21. The average molecular weight is 231 g/mol. The molecule has 1 aliphatic carbocycles. The quantitative estimate of drug-likeness (QED) is 0.848. The van der Waals surface area contributed by atoms with E-state index in [1.165, 1.54) is 29.8 Å². The maximum Gasteiger partial charge on any atom is 0.134 e. The maximum atomic E-state index is 4.87. The van der Waals surface area contributed by atoms with Gasteiger partial charge in [0, 0.05) is 30.5 Å². The first-order chi connectivity index (χ1) is 8.10. The Hall–Kier alpha value is -0.960. The third kappa shape index (κ3) is 1.86. The molecule has 1 aromatic heterocycles. The summed E-state index contributed by atoms with van der Waals surface area (Å²) in [6.45, 7) is 8.75. The van der Waals surface area contributed by atoms with Crippen molar-refractivity contribution in [3.63, 3.8) is 0 Å². The molecule has 3 rings (SSSR count). The second-order valence-electron chi connectivity index (χ2n) is 6.00. The third-order valence-corrected chi connectivity index (χ3v) is 4.05. The molecule has 0 amide bonds. The maximum absolute atomic E-state index is 4.87. The largest absolute Gasteiger partial charge is 0.312 e. The van der Waals surface area contributed by atoms with E-state index in [-0.39, 0.29) is 5.41 Å². The summed E-state index contributed by atoms with van der Waals surface area (Å²) >= 11 is 0. The SMILES string of the molecule is CC(C)c1nc(C2(C)CC2)nc2c1CNCC2. The van der Waals surface area contributed by atoms with Gasteiger partial charge in [-0.2, -0.15) is 0 Å². The molecule has 1 N–H and O–H groups in total. The van der Waals surface area contributed by atoms with Crippen LogP contribution in [-0.2, 0) is 18.4 Å². The summed E-state index contributed by atoms with van der Waals surface area (Å²) in [6.07, 6.45) is 3.56. The van der Waals surface area contributed by atoms with Crippen molar-refractivity contribution in [1.82, 2.24) is 15.3 Å². The molecule has 1 saturated carbocycles. The fraction of sp³-hybridized carbons (Fsp3) is 0.714. The number of nitrogens with zero attached hydrogens (tertiary/aromatic N) is 2. The van der Waals surface area contributed by atoms with Gasteiger partial charge in [0.05, 0.1) is 11.4 Å². The lowest BCUT2D eigenvalue weighted by atomic mass is 9.97. The van der Waals surface area contributed by atoms with E-state index in [0.29, 0.717) is 5.92 Å². The Morgan fingerprint density at radius 1 is 1.24 bits per heavy atom. The molecular weight excluding hydrogens is 210 g/mol. The Kier molecular flexibility index (Phi) is 2.47. The van der Waals surface area contributed by atoms with E-state index in [1.54, 1.807) is 0 Å². The molecule has 1 aromatic rings. The minimum atomic E-state index is 0.281. The van der Waals surface area contributed by atoms with Gasteiger partial charge in [0.25, 0.3) is 0 Å². The molecule has 2 aliphatic rings. The topological polar surface area (TPSA) is 37.8 Å². The molecule has 0 radical (unpaired) electrons. The van der Waals surface area contributed by atoms with E-state index >= 15 is 0 Å². The molecule has 3 nitrogen and oxygen atoms in total. The van der Waals surface area contributed by atoms with Crippen LogP contribution in [0.4, 0.5) is 0 Å². The van der Waals surface area contributed by atoms with Gasteiger partial charge < -0.3 is 5.32 Å². The molecule has 0 bridgehead atoms. The van der Waals surface area contributed by atoms with Crippen LogP contribution >= 0.6 is 0 Å². The number of hydrogen-bond acceptors (Lipinski definition) is 3. The zero-order chi connectivity index (χ0) is 12.0. The average Bonchev–Trinajstić information content (AvgIpc) is 3.07. The van der Waals surface area contributed by atoms with Crippen LogP contribution in [0.3, 0.4) is 0 Å². The van der Waals surface area contributed by atoms with Gasteiger partial charge in [0.1, 0.15) is 5.82 Å². The van der Waals surface area contributed by atoms with Crippen molar-refractivity contribution in [2.24, 2.45) is 0 Å². The fourth-order valence-corrected chi connectivity index (χ4v) is 2.53. The van der Waals surface area contributed by atoms with Crippen LogP contribution in [0.5, 0.6) is 0 Å². The number of rotatable bonds is 2. The van der Waals surface area contributed by atoms with E-state index in [9.17, 15) is 0 Å². The molecule has 3 heteroatoms. The normalized spacial score (nSPS) is 21.4. The molecule has 0 spiro atoms. The predicted octanol–water partition coefficient (Wildman–Crippen LogP) is 2.30. The van der Waals surface area contributed by atoms with E-state index in [1.807, 2.05) is 0 Å². The van der Waals surface area contributed by atoms with Crippen molar-refractivity contribution in [2.75, 3.05) is 6.54 Å². The number of aromatic nitrogens is 2. The molecule has 0 saturated heterocycles. The Morgan fingerprint density at radius 3 is 2.65 bits per heavy atom. The predicted molar refractivity (Wildman–Crippen MR) is 68.1 cm³/mol. The molecule has 92 valence electrons. The van der Waals surface area contributed by atoms with Crippen LogP contribution in [-0.4, -0.2) is 16.5 Å². The second-order valence-corrected chi connectivity index (χ2v) is 6.00. The van der Waals surface area contributed by atoms with Crippen molar-refractivity contribution >= 4 is 0 Å². The summed E-state index contributed by atoms with van der Waals surface area (Å²) in [7, 11) is 0. The minimum absolute atomic E-state index is 0.281. The number of nitrogens with one attached hydrogen (secondary N) is 1. The molecule has 0 atom stereocenters. The highest BCUT2D eigenvalue weighted by Crippen LogP contribution is 2.46. The van der Waals surface area contributed by atoms with Gasteiger partial charge in [-0.05, 0) is 18.8 Å². The second kappa shape index (κ2) is 3.77. The third-order valence-electron chi connectivity index (χ3n) is 4.05. The Bertz CT molecular complexity index is 447. The van der Waals surface area contributed by atoms with Crippen LogP contribution in [0.2, 0.25) is 0 Å². The van der Waals surface area contributed by atoms with E-state index in [2.05, 4.69) is 26.1 Å². The molecular formula is C14H21N3. The van der Waals surface area contributed by atoms with Crippen LogP contribution in [0.25, 0.3) is 0 Å². The van der Waals surface area contributed by atoms with E-state index < -0.39 is 0 Å². The Labute approximate surface area is 103 Å². The van der Waals surface area contributed by atoms with Gasteiger partial charge in [-0.15, -0.1) is 0 Å². The Balaban J connectivity index is 2.11. The highest BCUT2D eigenvalue weighted by Gasteiger charge is 2.42. The van der Waals surface area contributed by atoms with Gasteiger partial charge in [-0.25, -0.2) is 9.97 Å². The number of hydrogen-bond donors (Lipinski definition) is 1. The van der Waals surface area contributed by atoms with Crippen molar-refractivity contribution in [2.45, 2.75) is 57.9 Å². The summed E-state index contributed by atoms with van der Waals surface area (Å²) in [4.78, 5) is 9.71. The van der Waals surface area contributed by atoms with Crippen molar-refractivity contribution in [3.05, 3.63) is 22.8 Å². The van der Waals surface area contributed by atoms with Crippen molar-refractivity contribution in [1.29, 1.82) is 0 Å². The molecule has 17 heavy (non-hydrogen) atoms. The van der Waals surface area contributed by atoms with Crippen LogP contribution in [0, 0.1) is 0 Å². The highest BCUT2D eigenvalue weighted by atomic mass is 15.0. The lowest BCUT2D eigenvalue weighted by Crippen LogP contribution is -2.28. The van der Waals surface area contributed by atoms with Gasteiger partial charge in [0.15, 0.2) is 0 Å². The van der Waals surface area contributed by atoms with Gasteiger partial charge >= 0.3 is 0 Å². The molecule has 2 heterocycles. The lowest BCUT2D eigenvalue weighted by Gasteiger charge is -2.23. The first-order valence-corrected chi connectivity index (χ1v) is 6.71. The van der Waals surface area contributed by atoms with E-state index in [4.69, 9.17) is 9.97 Å². The van der Waals surface area contributed by atoms with Crippen LogP contribution in [0.1, 0.15) is 62.3 Å². The van der Waals surface area contributed by atoms with Gasteiger partial charge in [0.2, 0.25) is 0 Å². The highest BCUT2D eigenvalue weighted by molar-refractivity contribution is 5.32. The summed E-state index contributed by atoms with van der Waals surface area (Å²) in [6, 6.07) is 0. The first-order valence-electron chi connectivity index (χ1n) is 6.71. The summed E-state index contributed by atoms with van der Waals surface area (Å²) in [5.74, 6) is 1.59. The minimum Gasteiger partial charge on any atom is -0.312 e. The lowest BCUT2D eigenvalue weighted by molar-refractivity contribution is 0.584. The molecule has 0 aromatic carbocycles. The monoisotopic (exact) mass is 231 g/mol. The molecule has 1 fully saturated rings. The van der Waals surface area contributed by atoms with Crippen LogP contribution < -0.4 is 5.32 Å². The summed E-state index contributed by atoms with van der Waals surface area (Å²) in [5, 5.41) is 3.43. The summed E-state index contributed by atoms with van der Waals surface area (Å²) < 4.78 is 0. The zero-order valence-electron chi connectivity index (χ0n) is 11.0. The standard InChI is InChI=1S/C14H21N3/c1-9(2)12-10-8-15-7-4-11(10)16-13(17-12)14(3)5-6-14/h9,15H,4-8H2,1-3H3. The fourth-order valence-electron chi connectivity index (χ4n) is 2.53. The van der Waals surface area contributed by atoms with Crippen molar-refractivity contribution < 1.29 is 0 Å². The van der Waals surface area contributed by atoms with Crippen LogP contribution in [0.15, 0.2) is 0 Å². The molecule has 0 unspecified atom stereocenters. The van der Waals surface area contributed by atoms with Crippen molar-refractivity contribution in [3.8, 4) is 0 Å². The number of fused-ring (bicyclic) bond motifs is 1. The zero-order valence-corrected chi connectivity index (χ0v) is 11.0. The Morgan fingerprint density at radius 2 is 2.00 bits per heavy atom. The molecule has 1 aliphatic heterocycles. The van der Waals surface area contributed by atoms with E-state index in [0.717, 1.165) is 25.3 Å².